The first kappa shape index (κ1) is 27.8. The van der Waals surface area contributed by atoms with Crippen molar-refractivity contribution in [1.29, 1.82) is 0 Å². The number of aromatic nitrogens is 2. The molecule has 0 amide bonds. The van der Waals surface area contributed by atoms with Crippen LogP contribution in [0.25, 0.3) is 0 Å². The molecule has 4 unspecified atom stereocenters. The van der Waals surface area contributed by atoms with Crippen LogP contribution in [-0.4, -0.2) is 33.5 Å². The summed E-state index contributed by atoms with van der Waals surface area (Å²) in [4.78, 5) is 60.3. The fourth-order valence-corrected chi connectivity index (χ4v) is 6.25. The van der Waals surface area contributed by atoms with Gasteiger partial charge in [-0.25, -0.2) is 13.4 Å². The molecular weight excluding hydrogens is 537 g/mol. The minimum atomic E-state index is -6.04. The van der Waals surface area contributed by atoms with E-state index in [2.05, 4.69) is 17.7 Å². The van der Waals surface area contributed by atoms with Crippen molar-refractivity contribution in [3.05, 3.63) is 69.0 Å². The Morgan fingerprint density at radius 3 is 2.26 bits per heavy atom. The van der Waals surface area contributed by atoms with E-state index in [1.807, 2.05) is 4.98 Å². The van der Waals surface area contributed by atoms with E-state index >= 15 is 0 Å². The van der Waals surface area contributed by atoms with Crippen molar-refractivity contribution >= 4 is 23.5 Å². The van der Waals surface area contributed by atoms with E-state index in [1.165, 1.54) is 12.1 Å². The molecule has 2 heterocycles. The molecule has 0 bridgehead atoms. The number of hydrogen-bond donors (Lipinski definition) is 2. The van der Waals surface area contributed by atoms with Crippen LogP contribution in [0.5, 0.6) is 0 Å². The molecule has 0 saturated carbocycles. The van der Waals surface area contributed by atoms with E-state index in [0.717, 1.165) is 16.8 Å². The molecule has 3 rings (SSSR count). The molecule has 16 nitrogen and oxygen atoms in total. The lowest BCUT2D eigenvalue weighted by atomic mass is 10.2. The first-order valence-electron chi connectivity index (χ1n) is 9.59. The largest absolute Gasteiger partial charge is 0.756 e. The highest BCUT2D eigenvalue weighted by molar-refractivity contribution is 7.65. The molecule has 19 heteroatoms. The van der Waals surface area contributed by atoms with E-state index in [9.17, 15) is 43.1 Å². The predicted molar refractivity (Wildman–Crippen MR) is 108 cm³/mol. The van der Waals surface area contributed by atoms with Crippen LogP contribution in [0.2, 0.25) is 0 Å². The van der Waals surface area contributed by atoms with Crippen LogP contribution in [0, 0.1) is 0 Å². The number of phosphoric ester groups is 2. The second-order valence-electron chi connectivity index (χ2n) is 7.01. The Labute approximate surface area is 196 Å². The fraction of sp³-hybridized carbons (Fsp3) is 0.375. The van der Waals surface area contributed by atoms with Crippen molar-refractivity contribution < 1.29 is 55.9 Å². The van der Waals surface area contributed by atoms with Crippen molar-refractivity contribution in [2.45, 2.75) is 31.5 Å². The third-order valence-corrected chi connectivity index (χ3v) is 8.51. The minimum Gasteiger partial charge on any atom is -0.756 e. The van der Waals surface area contributed by atoms with Crippen LogP contribution in [0.4, 0.5) is 0 Å². The predicted octanol–water partition coefficient (Wildman–Crippen LogP) is -1.14. The third-order valence-electron chi connectivity index (χ3n) is 4.39. The first-order chi connectivity index (χ1) is 16.3. The monoisotopic (exact) mass is 555 g/mol. The first-order valence-corrected chi connectivity index (χ1v) is 14.0. The zero-order valence-corrected chi connectivity index (χ0v) is 20.1. The van der Waals surface area contributed by atoms with Gasteiger partial charge in [0.05, 0.1) is 19.3 Å². The lowest BCUT2D eigenvalue weighted by molar-refractivity contribution is -0.252. The number of nitrogens with one attached hydrogen (secondary N) is 1. The van der Waals surface area contributed by atoms with E-state index < -0.39 is 66.4 Å². The molecule has 0 spiro atoms. The number of nitrogens with zero attached hydrogens (tertiary/aromatic N) is 1. The Hall–Kier alpha value is -1.77. The van der Waals surface area contributed by atoms with E-state index in [4.69, 9.17) is 4.74 Å². The van der Waals surface area contributed by atoms with Gasteiger partial charge in [-0.05, 0) is 5.56 Å². The van der Waals surface area contributed by atoms with Gasteiger partial charge in [-0.2, -0.15) is 0 Å². The van der Waals surface area contributed by atoms with Crippen molar-refractivity contribution in [1.82, 2.24) is 9.55 Å². The number of aromatic amines is 1. The summed E-state index contributed by atoms with van der Waals surface area (Å²) in [6.07, 6.45) is -2.93. The van der Waals surface area contributed by atoms with Gasteiger partial charge in [-0.1, -0.05) is 30.3 Å². The smallest absolute Gasteiger partial charge is 0.330 e. The van der Waals surface area contributed by atoms with Crippen LogP contribution < -0.4 is 25.9 Å². The third kappa shape index (κ3) is 8.40. The Kier molecular flexibility index (Phi) is 8.82. The number of ether oxygens (including phenoxy) is 1. The number of aliphatic hydroxyl groups excluding tert-OH is 1. The number of phosphoric acid groups is 3. The van der Waals surface area contributed by atoms with Gasteiger partial charge in [0.2, 0.25) is 0 Å². The molecule has 1 aliphatic heterocycles. The van der Waals surface area contributed by atoms with Crippen LogP contribution in [0.15, 0.2) is 52.2 Å². The molecule has 2 N–H and O–H groups in total. The van der Waals surface area contributed by atoms with Gasteiger partial charge in [0, 0.05) is 18.7 Å². The highest BCUT2D eigenvalue weighted by atomic mass is 31.3. The second-order valence-corrected chi connectivity index (χ2v) is 11.5. The molecule has 1 saturated heterocycles. The average molecular weight is 555 g/mol. The standard InChI is InChI=1S/C16H21N2O14P3/c19-12-8-15(18-7-6-14(20)17-16(18)21)30-13(12)10-29-34(24,25)32-35(26,27)31-33(22,23)28-9-11-4-2-1-3-5-11/h1-7,12-13,15,19H,8-10H2,(H,22,23)(H,24,25)(H,26,27)(H,17,20,21)/p-3/t12?,13-,15-/m1/s1. The molecule has 194 valence electrons. The molecule has 1 aromatic heterocycles. The van der Waals surface area contributed by atoms with E-state index in [1.54, 1.807) is 18.2 Å². The van der Waals surface area contributed by atoms with Gasteiger partial charge in [0.1, 0.15) is 12.3 Å². The summed E-state index contributed by atoms with van der Waals surface area (Å²) in [6.45, 7) is -1.56. The van der Waals surface area contributed by atoms with Gasteiger partial charge in [0.25, 0.3) is 29.0 Å². The summed E-state index contributed by atoms with van der Waals surface area (Å²) >= 11 is 0. The zero-order chi connectivity index (χ0) is 25.9. The van der Waals surface area contributed by atoms with Crippen molar-refractivity contribution in [3.63, 3.8) is 0 Å². The number of benzene rings is 1. The number of hydrogen-bond acceptors (Lipinski definition) is 14. The van der Waals surface area contributed by atoms with Crippen LogP contribution in [-0.2, 0) is 42.7 Å². The second kappa shape index (κ2) is 11.1. The summed E-state index contributed by atoms with van der Waals surface area (Å²) in [7, 11) is -17.3. The topological polar surface area (TPSA) is 242 Å². The molecule has 0 radical (unpaired) electrons. The molecular formula is C16H18N2O14P3-3. The fourth-order valence-electron chi connectivity index (χ4n) is 2.89. The molecule has 2 aromatic rings. The molecule has 35 heavy (non-hydrogen) atoms. The lowest BCUT2D eigenvalue weighted by Crippen LogP contribution is -2.32. The highest BCUT2D eigenvalue weighted by Gasteiger charge is 2.37. The molecule has 1 fully saturated rings. The number of rotatable bonds is 11. The lowest BCUT2D eigenvalue weighted by Gasteiger charge is -2.34. The Morgan fingerprint density at radius 2 is 1.63 bits per heavy atom. The normalized spacial score (nSPS) is 25.4. The number of H-pyrrole nitrogens is 1. The summed E-state index contributed by atoms with van der Waals surface area (Å²) < 4.78 is 57.8. The quantitative estimate of drug-likeness (QED) is 0.311. The maximum absolute atomic E-state index is 11.9. The SMILES string of the molecule is O=c1ccn([C@H]2CC(O)[C@@H](COP(=O)([O-])OP(=O)([O-])OP(=O)([O-])OCc3ccccc3)O2)c(=O)[nH]1. The molecule has 6 atom stereocenters. The van der Waals surface area contributed by atoms with Gasteiger partial charge >= 0.3 is 5.69 Å². The molecule has 0 aliphatic carbocycles. The van der Waals surface area contributed by atoms with Gasteiger partial charge in [-0.15, -0.1) is 0 Å². The van der Waals surface area contributed by atoms with Crippen molar-refractivity contribution in [3.8, 4) is 0 Å². The molecule has 1 aliphatic rings. The number of aliphatic hydroxyl groups is 1. The summed E-state index contributed by atoms with van der Waals surface area (Å²) in [5.74, 6) is 0. The van der Waals surface area contributed by atoms with E-state index in [-0.39, 0.29) is 6.42 Å². The van der Waals surface area contributed by atoms with Gasteiger partial charge < -0.3 is 33.6 Å². The van der Waals surface area contributed by atoms with Crippen LogP contribution in [0.1, 0.15) is 18.2 Å². The molecule has 1 aromatic carbocycles. The van der Waals surface area contributed by atoms with Crippen LogP contribution in [0.3, 0.4) is 0 Å². The van der Waals surface area contributed by atoms with Crippen LogP contribution >= 0.6 is 23.5 Å². The van der Waals surface area contributed by atoms with Crippen molar-refractivity contribution in [2.75, 3.05) is 6.61 Å². The zero-order valence-electron chi connectivity index (χ0n) is 17.4. The van der Waals surface area contributed by atoms with Crippen molar-refractivity contribution in [2.24, 2.45) is 0 Å². The minimum absolute atomic E-state index is 0.203. The average Bonchev–Trinajstić information content (AvgIpc) is 3.10. The van der Waals surface area contributed by atoms with Gasteiger partial charge in [0.15, 0.2) is 0 Å². The Bertz CT molecular complexity index is 1280. The summed E-state index contributed by atoms with van der Waals surface area (Å²) in [5.41, 5.74) is -1.18. The van der Waals surface area contributed by atoms with E-state index in [0.29, 0.717) is 5.56 Å². The highest BCUT2D eigenvalue weighted by Crippen LogP contribution is 2.63. The Balaban J connectivity index is 1.54. The van der Waals surface area contributed by atoms with Gasteiger partial charge in [-0.3, -0.25) is 28.0 Å². The Morgan fingerprint density at radius 1 is 1.00 bits per heavy atom. The maximum atomic E-state index is 11.9. The summed E-state index contributed by atoms with van der Waals surface area (Å²) in [6, 6.07) is 8.74. The summed E-state index contributed by atoms with van der Waals surface area (Å²) in [5, 5.41) is 10.0. The maximum Gasteiger partial charge on any atom is 0.330 e.